The molecular weight excluding hydrogens is 374 g/mol. The van der Waals surface area contributed by atoms with Gasteiger partial charge in [-0.25, -0.2) is 8.42 Å². The monoisotopic (exact) mass is 395 g/mol. The number of halogens is 1. The zero-order chi connectivity index (χ0) is 18.7. The first-order chi connectivity index (χ1) is 12.4. The van der Waals surface area contributed by atoms with Gasteiger partial charge in [0.15, 0.2) is 0 Å². The highest BCUT2D eigenvalue weighted by molar-refractivity contribution is 7.89. The molecule has 8 heteroatoms. The van der Waals surface area contributed by atoms with E-state index in [1.165, 1.54) is 28.9 Å². The molecule has 26 heavy (non-hydrogen) atoms. The Balaban J connectivity index is 1.67. The maximum absolute atomic E-state index is 12.8. The van der Waals surface area contributed by atoms with E-state index in [1.54, 1.807) is 4.90 Å². The first-order valence-corrected chi connectivity index (χ1v) is 10.7. The smallest absolute Gasteiger partial charge is 0.243 e. The number of nitriles is 1. The highest BCUT2D eigenvalue weighted by Crippen LogP contribution is 2.27. The molecule has 1 aromatic carbocycles. The first kappa shape index (κ1) is 19.2. The molecule has 1 amide bonds. The lowest BCUT2D eigenvalue weighted by Gasteiger charge is -2.36. The van der Waals surface area contributed by atoms with Crippen molar-refractivity contribution in [1.29, 1.82) is 5.26 Å². The largest absolute Gasteiger partial charge is 0.340 e. The molecule has 1 aromatic rings. The zero-order valence-corrected chi connectivity index (χ0v) is 16.1. The molecule has 0 N–H and O–H groups in total. The third-order valence-corrected chi connectivity index (χ3v) is 7.43. The van der Waals surface area contributed by atoms with Crippen molar-refractivity contribution in [3.8, 4) is 6.07 Å². The summed E-state index contributed by atoms with van der Waals surface area (Å²) in [6.07, 6.45) is 5.28. The minimum Gasteiger partial charge on any atom is -0.340 e. The molecule has 6 nitrogen and oxygen atoms in total. The van der Waals surface area contributed by atoms with E-state index in [4.69, 9.17) is 16.9 Å². The number of sulfonamides is 1. The van der Waals surface area contributed by atoms with Crippen molar-refractivity contribution in [1.82, 2.24) is 9.21 Å². The van der Waals surface area contributed by atoms with Gasteiger partial charge in [0.25, 0.3) is 0 Å². The van der Waals surface area contributed by atoms with E-state index in [0.29, 0.717) is 13.1 Å². The summed E-state index contributed by atoms with van der Waals surface area (Å²) in [6.45, 7) is 1.36. The molecule has 1 saturated carbocycles. The van der Waals surface area contributed by atoms with Gasteiger partial charge in [0.05, 0.1) is 15.5 Å². The number of carbonyl (C=O) groups is 1. The summed E-state index contributed by atoms with van der Waals surface area (Å²) in [6, 6.07) is 6.05. The molecule has 2 fully saturated rings. The fourth-order valence-corrected chi connectivity index (χ4v) is 5.26. The van der Waals surface area contributed by atoms with E-state index >= 15 is 0 Å². The van der Waals surface area contributed by atoms with Crippen LogP contribution in [0, 0.1) is 17.2 Å². The Bertz CT molecular complexity index is 821. The minimum absolute atomic E-state index is 0.0607. The van der Waals surface area contributed by atoms with Crippen LogP contribution in [0.3, 0.4) is 0 Å². The SMILES string of the molecule is N#Cc1cc(S(=O)(=O)N2CCN(C(=O)C3CCCCC3)CC2)ccc1Cl. The van der Waals surface area contributed by atoms with Gasteiger partial charge in [0.1, 0.15) is 6.07 Å². The molecule has 0 unspecified atom stereocenters. The van der Waals surface area contributed by atoms with Crippen molar-refractivity contribution in [2.75, 3.05) is 26.2 Å². The summed E-state index contributed by atoms with van der Waals surface area (Å²) in [5, 5.41) is 9.28. The van der Waals surface area contributed by atoms with Crippen LogP contribution in [0.1, 0.15) is 37.7 Å². The molecule has 2 aliphatic rings. The van der Waals surface area contributed by atoms with Crippen LogP contribution in [0.15, 0.2) is 23.1 Å². The molecular formula is C18H22ClN3O3S. The predicted octanol–water partition coefficient (Wildman–Crippen LogP) is 2.62. The summed E-state index contributed by atoms with van der Waals surface area (Å²) in [4.78, 5) is 14.5. The number of amides is 1. The van der Waals surface area contributed by atoms with E-state index < -0.39 is 10.0 Å². The molecule has 1 saturated heterocycles. The normalized spacial score (nSPS) is 19.9. The first-order valence-electron chi connectivity index (χ1n) is 8.92. The number of hydrogen-bond acceptors (Lipinski definition) is 4. The van der Waals surface area contributed by atoms with Crippen molar-refractivity contribution in [2.24, 2.45) is 5.92 Å². The molecule has 0 atom stereocenters. The number of hydrogen-bond donors (Lipinski definition) is 0. The van der Waals surface area contributed by atoms with Crippen LogP contribution in [0.2, 0.25) is 5.02 Å². The average molecular weight is 396 g/mol. The fraction of sp³-hybridized carbons (Fsp3) is 0.556. The second-order valence-corrected chi connectivity index (χ2v) is 9.16. The van der Waals surface area contributed by atoms with Gasteiger partial charge in [-0.3, -0.25) is 4.79 Å². The standard InChI is InChI=1S/C18H22ClN3O3S/c19-17-7-6-16(12-15(17)13-20)26(24,25)22-10-8-21(9-11-22)18(23)14-4-2-1-3-5-14/h6-7,12,14H,1-5,8-11H2. The molecule has 1 aliphatic carbocycles. The van der Waals surface area contributed by atoms with Crippen molar-refractivity contribution in [3.05, 3.63) is 28.8 Å². The molecule has 0 spiro atoms. The summed E-state index contributed by atoms with van der Waals surface area (Å²) < 4.78 is 27.0. The Labute approximate surface area is 159 Å². The van der Waals surface area contributed by atoms with Gasteiger partial charge in [-0.1, -0.05) is 30.9 Å². The van der Waals surface area contributed by atoms with Gasteiger partial charge in [-0.15, -0.1) is 0 Å². The average Bonchev–Trinajstić information content (AvgIpc) is 2.68. The van der Waals surface area contributed by atoms with E-state index in [0.717, 1.165) is 25.7 Å². The maximum atomic E-state index is 12.8. The van der Waals surface area contributed by atoms with Crippen LogP contribution in [0.5, 0.6) is 0 Å². The number of nitrogens with zero attached hydrogens (tertiary/aromatic N) is 3. The Morgan fingerprint density at radius 3 is 2.38 bits per heavy atom. The van der Waals surface area contributed by atoms with E-state index in [-0.39, 0.29) is 40.4 Å². The van der Waals surface area contributed by atoms with Crippen molar-refractivity contribution < 1.29 is 13.2 Å². The number of benzene rings is 1. The second kappa shape index (κ2) is 7.95. The van der Waals surface area contributed by atoms with Crippen LogP contribution >= 0.6 is 11.6 Å². The van der Waals surface area contributed by atoms with Crippen molar-refractivity contribution in [3.63, 3.8) is 0 Å². The molecule has 0 radical (unpaired) electrons. The minimum atomic E-state index is -3.70. The lowest BCUT2D eigenvalue weighted by molar-refractivity contribution is -0.137. The third-order valence-electron chi connectivity index (χ3n) is 5.20. The highest BCUT2D eigenvalue weighted by atomic mass is 35.5. The van der Waals surface area contributed by atoms with Crippen LogP contribution in [-0.2, 0) is 14.8 Å². The van der Waals surface area contributed by atoms with Crippen LogP contribution in [0.25, 0.3) is 0 Å². The molecule has 1 aliphatic heterocycles. The summed E-state index contributed by atoms with van der Waals surface area (Å²) >= 11 is 5.88. The fourth-order valence-electron chi connectivity index (χ4n) is 3.66. The number of piperazine rings is 1. The molecule has 140 valence electrons. The molecule has 0 aromatic heterocycles. The summed E-state index contributed by atoms with van der Waals surface area (Å²) in [5.41, 5.74) is 0.138. The maximum Gasteiger partial charge on any atom is 0.243 e. The molecule has 3 rings (SSSR count). The third kappa shape index (κ3) is 3.88. The quantitative estimate of drug-likeness (QED) is 0.787. The van der Waals surface area contributed by atoms with Crippen LogP contribution < -0.4 is 0 Å². The van der Waals surface area contributed by atoms with Gasteiger partial charge < -0.3 is 4.90 Å². The molecule has 1 heterocycles. The van der Waals surface area contributed by atoms with Crippen LogP contribution in [-0.4, -0.2) is 49.7 Å². The Morgan fingerprint density at radius 2 is 1.77 bits per heavy atom. The zero-order valence-electron chi connectivity index (χ0n) is 14.5. The van der Waals surface area contributed by atoms with Crippen molar-refractivity contribution >= 4 is 27.5 Å². The lowest BCUT2D eigenvalue weighted by atomic mass is 9.88. The van der Waals surface area contributed by atoms with E-state index in [1.807, 2.05) is 6.07 Å². The van der Waals surface area contributed by atoms with E-state index in [2.05, 4.69) is 0 Å². The van der Waals surface area contributed by atoms with Gasteiger partial charge in [0.2, 0.25) is 15.9 Å². The number of rotatable bonds is 3. The second-order valence-electron chi connectivity index (χ2n) is 6.82. The van der Waals surface area contributed by atoms with Gasteiger partial charge in [-0.05, 0) is 31.0 Å². The van der Waals surface area contributed by atoms with E-state index in [9.17, 15) is 13.2 Å². The van der Waals surface area contributed by atoms with Gasteiger partial charge in [0, 0.05) is 32.1 Å². The van der Waals surface area contributed by atoms with Crippen LogP contribution in [0.4, 0.5) is 0 Å². The lowest BCUT2D eigenvalue weighted by Crippen LogP contribution is -2.52. The highest BCUT2D eigenvalue weighted by Gasteiger charge is 2.33. The summed E-state index contributed by atoms with van der Waals surface area (Å²) in [7, 11) is -3.70. The Morgan fingerprint density at radius 1 is 1.12 bits per heavy atom. The van der Waals surface area contributed by atoms with Gasteiger partial charge in [-0.2, -0.15) is 9.57 Å². The van der Waals surface area contributed by atoms with Gasteiger partial charge >= 0.3 is 0 Å². The number of carbonyl (C=O) groups excluding carboxylic acids is 1. The van der Waals surface area contributed by atoms with Crippen molar-refractivity contribution in [2.45, 2.75) is 37.0 Å². The Kier molecular flexibility index (Phi) is 5.86. The topological polar surface area (TPSA) is 81.5 Å². The Hall–Kier alpha value is -1.62. The molecule has 0 bridgehead atoms. The summed E-state index contributed by atoms with van der Waals surface area (Å²) in [5.74, 6) is 0.265. The predicted molar refractivity (Wildman–Crippen MR) is 98.1 cm³/mol.